The summed E-state index contributed by atoms with van der Waals surface area (Å²) in [5.74, 6) is 1.65. The molecule has 1 aromatic heterocycles. The molecule has 2 aromatic rings. The molecule has 0 spiro atoms. The zero-order valence-corrected chi connectivity index (χ0v) is 13.9. The van der Waals surface area contributed by atoms with E-state index in [-0.39, 0.29) is 29.9 Å². The number of hydrogen-bond donors (Lipinski definition) is 2. The molecule has 3 N–H and O–H groups in total. The number of nitrogens with one attached hydrogen (secondary N) is 1. The zero-order valence-electron chi connectivity index (χ0n) is 10.8. The van der Waals surface area contributed by atoms with Crippen LogP contribution in [-0.2, 0) is 6.54 Å². The van der Waals surface area contributed by atoms with E-state index >= 15 is 0 Å². The Morgan fingerprint density at radius 2 is 2.25 bits per heavy atom. The van der Waals surface area contributed by atoms with Gasteiger partial charge < -0.3 is 20.2 Å². The number of furan rings is 1. The maximum atomic E-state index is 6.01. The van der Waals surface area contributed by atoms with Gasteiger partial charge in [-0.15, -0.1) is 24.0 Å². The molecule has 0 saturated heterocycles. The molecule has 0 aliphatic heterocycles. The number of nitrogens with two attached hydrogens (primary N) is 1. The maximum Gasteiger partial charge on any atom is 0.193 e. The van der Waals surface area contributed by atoms with Crippen LogP contribution in [0.5, 0.6) is 5.75 Å². The number of methoxy groups -OCH3 is 1. The van der Waals surface area contributed by atoms with Gasteiger partial charge in [0.1, 0.15) is 18.1 Å². The average Bonchev–Trinajstić information content (AvgIpc) is 2.90. The third-order valence-electron chi connectivity index (χ3n) is 2.41. The van der Waals surface area contributed by atoms with Crippen molar-refractivity contribution >= 4 is 47.2 Å². The van der Waals surface area contributed by atoms with Crippen LogP contribution in [0.25, 0.3) is 0 Å². The number of halogens is 2. The minimum Gasteiger partial charge on any atom is -0.495 e. The van der Waals surface area contributed by atoms with Crippen LogP contribution in [0.4, 0.5) is 5.69 Å². The van der Waals surface area contributed by atoms with Crippen molar-refractivity contribution in [3.05, 3.63) is 47.4 Å². The lowest BCUT2D eigenvalue weighted by atomic mass is 10.3. The van der Waals surface area contributed by atoms with Gasteiger partial charge in [0.2, 0.25) is 0 Å². The van der Waals surface area contributed by atoms with Crippen LogP contribution in [0, 0.1) is 0 Å². The van der Waals surface area contributed by atoms with Gasteiger partial charge in [-0.2, -0.15) is 0 Å². The van der Waals surface area contributed by atoms with Crippen LogP contribution in [0.3, 0.4) is 0 Å². The molecule has 20 heavy (non-hydrogen) atoms. The minimum absolute atomic E-state index is 0. The smallest absolute Gasteiger partial charge is 0.193 e. The van der Waals surface area contributed by atoms with Gasteiger partial charge in [-0.05, 0) is 30.3 Å². The third kappa shape index (κ3) is 4.61. The Morgan fingerprint density at radius 1 is 1.45 bits per heavy atom. The molecule has 0 fully saturated rings. The molecule has 0 bridgehead atoms. The lowest BCUT2D eigenvalue weighted by Crippen LogP contribution is -2.22. The van der Waals surface area contributed by atoms with E-state index in [4.69, 9.17) is 26.5 Å². The van der Waals surface area contributed by atoms with Crippen LogP contribution < -0.4 is 15.8 Å². The normalized spacial score (nSPS) is 10.8. The van der Waals surface area contributed by atoms with E-state index < -0.39 is 0 Å². The minimum atomic E-state index is 0. The molecular formula is C13H15ClIN3O2. The molecule has 1 heterocycles. The second kappa shape index (κ2) is 8.01. The van der Waals surface area contributed by atoms with E-state index in [9.17, 15) is 0 Å². The Morgan fingerprint density at radius 3 is 2.85 bits per heavy atom. The van der Waals surface area contributed by atoms with Crippen molar-refractivity contribution in [2.45, 2.75) is 6.54 Å². The summed E-state index contributed by atoms with van der Waals surface area (Å²) >= 11 is 6.01. The standard InChI is InChI=1S/C13H14ClN3O2.HI/c1-18-12-5-4-9(7-11(12)14)17-13(15)16-8-10-3-2-6-19-10;/h2-7H,8H2,1H3,(H3,15,16,17);1H. The van der Waals surface area contributed by atoms with Crippen molar-refractivity contribution in [3.63, 3.8) is 0 Å². The first-order chi connectivity index (χ1) is 9.19. The molecule has 7 heteroatoms. The molecule has 0 unspecified atom stereocenters. The SMILES string of the molecule is COc1ccc(NC(N)=NCc2ccco2)cc1Cl.I. The van der Waals surface area contributed by atoms with Crippen LogP contribution in [0.1, 0.15) is 5.76 Å². The number of rotatable bonds is 4. The largest absolute Gasteiger partial charge is 0.495 e. The fourth-order valence-corrected chi connectivity index (χ4v) is 1.75. The number of hydrogen-bond acceptors (Lipinski definition) is 3. The average molecular weight is 408 g/mol. The molecule has 0 amide bonds. The summed E-state index contributed by atoms with van der Waals surface area (Å²) in [6, 6.07) is 8.92. The van der Waals surface area contributed by atoms with E-state index in [1.54, 1.807) is 37.6 Å². The number of aliphatic imine (C=N–C) groups is 1. The van der Waals surface area contributed by atoms with Gasteiger partial charge in [0.15, 0.2) is 5.96 Å². The topological polar surface area (TPSA) is 72.8 Å². The Balaban J connectivity index is 0.00000200. The van der Waals surface area contributed by atoms with E-state index in [0.717, 1.165) is 11.4 Å². The number of nitrogens with zero attached hydrogens (tertiary/aromatic N) is 1. The first-order valence-electron chi connectivity index (χ1n) is 5.62. The van der Waals surface area contributed by atoms with E-state index in [2.05, 4.69) is 10.3 Å². The molecule has 0 radical (unpaired) electrons. The summed E-state index contributed by atoms with van der Waals surface area (Å²) < 4.78 is 10.2. The Kier molecular flexibility index (Phi) is 6.66. The summed E-state index contributed by atoms with van der Waals surface area (Å²) in [6.45, 7) is 0.385. The van der Waals surface area contributed by atoms with Crippen LogP contribution in [0.15, 0.2) is 46.0 Å². The highest BCUT2D eigenvalue weighted by Gasteiger charge is 2.02. The number of anilines is 1. The highest BCUT2D eigenvalue weighted by molar-refractivity contribution is 14.0. The predicted molar refractivity (Wildman–Crippen MR) is 91.1 cm³/mol. The zero-order chi connectivity index (χ0) is 13.7. The fourth-order valence-electron chi connectivity index (χ4n) is 1.50. The Bertz CT molecular complexity index is 573. The van der Waals surface area contributed by atoms with Crippen LogP contribution in [-0.4, -0.2) is 13.1 Å². The monoisotopic (exact) mass is 407 g/mol. The molecule has 0 aliphatic carbocycles. The fraction of sp³-hybridized carbons (Fsp3) is 0.154. The summed E-state index contributed by atoms with van der Waals surface area (Å²) in [4.78, 5) is 4.15. The summed E-state index contributed by atoms with van der Waals surface area (Å²) in [6.07, 6.45) is 1.59. The van der Waals surface area contributed by atoms with Gasteiger partial charge in [-0.25, -0.2) is 4.99 Å². The van der Waals surface area contributed by atoms with Crippen molar-refractivity contribution in [1.82, 2.24) is 0 Å². The van der Waals surface area contributed by atoms with Gasteiger partial charge in [-0.1, -0.05) is 11.6 Å². The molecule has 1 aromatic carbocycles. The van der Waals surface area contributed by atoms with Gasteiger partial charge in [0.25, 0.3) is 0 Å². The van der Waals surface area contributed by atoms with Gasteiger partial charge in [0.05, 0.1) is 18.4 Å². The van der Waals surface area contributed by atoms with E-state index in [0.29, 0.717) is 17.3 Å². The molecule has 0 atom stereocenters. The third-order valence-corrected chi connectivity index (χ3v) is 2.70. The van der Waals surface area contributed by atoms with Gasteiger partial charge in [-0.3, -0.25) is 0 Å². The first-order valence-corrected chi connectivity index (χ1v) is 5.99. The van der Waals surface area contributed by atoms with Crippen LogP contribution >= 0.6 is 35.6 Å². The highest BCUT2D eigenvalue weighted by atomic mass is 127. The number of guanidine groups is 1. The Labute approximate surface area is 139 Å². The van der Waals surface area contributed by atoms with Crippen molar-refractivity contribution in [2.24, 2.45) is 10.7 Å². The second-order valence-electron chi connectivity index (χ2n) is 3.76. The van der Waals surface area contributed by atoms with Crippen molar-refractivity contribution < 1.29 is 9.15 Å². The Hall–Kier alpha value is -1.41. The quantitative estimate of drug-likeness (QED) is 0.462. The molecule has 0 saturated carbocycles. The van der Waals surface area contributed by atoms with E-state index in [1.165, 1.54) is 0 Å². The second-order valence-corrected chi connectivity index (χ2v) is 4.16. The molecule has 0 aliphatic rings. The summed E-state index contributed by atoms with van der Waals surface area (Å²) in [5, 5.41) is 3.45. The van der Waals surface area contributed by atoms with Crippen LogP contribution in [0.2, 0.25) is 5.02 Å². The summed E-state index contributed by atoms with van der Waals surface area (Å²) in [7, 11) is 1.56. The molecular weight excluding hydrogens is 393 g/mol. The number of benzene rings is 1. The summed E-state index contributed by atoms with van der Waals surface area (Å²) in [5.41, 5.74) is 6.51. The molecule has 5 nitrogen and oxygen atoms in total. The van der Waals surface area contributed by atoms with Gasteiger partial charge >= 0.3 is 0 Å². The van der Waals surface area contributed by atoms with Crippen molar-refractivity contribution in [3.8, 4) is 5.75 Å². The predicted octanol–water partition coefficient (Wildman–Crippen LogP) is 3.49. The van der Waals surface area contributed by atoms with Crippen molar-refractivity contribution in [2.75, 3.05) is 12.4 Å². The maximum absolute atomic E-state index is 6.01. The van der Waals surface area contributed by atoms with E-state index in [1.807, 2.05) is 6.07 Å². The van der Waals surface area contributed by atoms with Gasteiger partial charge in [0, 0.05) is 5.69 Å². The number of ether oxygens (including phenoxy) is 1. The highest BCUT2D eigenvalue weighted by Crippen LogP contribution is 2.26. The molecule has 108 valence electrons. The first kappa shape index (κ1) is 16.6. The molecule has 2 rings (SSSR count). The lowest BCUT2D eigenvalue weighted by molar-refractivity contribution is 0.415. The lowest BCUT2D eigenvalue weighted by Gasteiger charge is -2.08. The van der Waals surface area contributed by atoms with Crippen molar-refractivity contribution in [1.29, 1.82) is 0 Å².